The maximum atomic E-state index is 11.9. The number of hydrogen-bond acceptors (Lipinski definition) is 4. The van der Waals surface area contributed by atoms with Crippen LogP contribution in [0.3, 0.4) is 0 Å². The summed E-state index contributed by atoms with van der Waals surface area (Å²) in [5.41, 5.74) is 6.72. The Labute approximate surface area is 111 Å². The van der Waals surface area contributed by atoms with Crippen molar-refractivity contribution in [3.8, 4) is 0 Å². The van der Waals surface area contributed by atoms with Gasteiger partial charge in [0.2, 0.25) is 11.8 Å². The summed E-state index contributed by atoms with van der Waals surface area (Å²) >= 11 is 0. The topological polar surface area (TPSA) is 86.9 Å². The van der Waals surface area contributed by atoms with Crippen molar-refractivity contribution >= 4 is 17.5 Å². The van der Waals surface area contributed by atoms with Crippen LogP contribution in [0.15, 0.2) is 24.3 Å². The largest absolute Gasteiger partial charge is 0.387 e. The van der Waals surface area contributed by atoms with E-state index in [2.05, 4.69) is 0 Å². The van der Waals surface area contributed by atoms with Gasteiger partial charge >= 0.3 is 0 Å². The number of amides is 2. The van der Waals surface area contributed by atoms with E-state index >= 15 is 0 Å². The van der Waals surface area contributed by atoms with Crippen molar-refractivity contribution < 1.29 is 14.7 Å². The molecule has 0 aliphatic carbocycles. The Hall–Kier alpha value is -1.92. The van der Waals surface area contributed by atoms with Crippen LogP contribution in [-0.2, 0) is 9.59 Å². The fourth-order valence-electron chi connectivity index (χ4n) is 1.97. The number of likely N-dealkylation sites (N-methyl/N-ethyl adjacent to an activating group) is 1. The van der Waals surface area contributed by atoms with E-state index in [0.717, 1.165) is 0 Å². The van der Waals surface area contributed by atoms with Crippen molar-refractivity contribution in [2.24, 2.45) is 5.73 Å². The summed E-state index contributed by atoms with van der Waals surface area (Å²) in [6.45, 7) is 0.283. The Bertz CT molecular complexity index is 486. The van der Waals surface area contributed by atoms with E-state index < -0.39 is 6.10 Å². The molecule has 1 aliphatic heterocycles. The van der Waals surface area contributed by atoms with Crippen LogP contribution >= 0.6 is 0 Å². The Kier molecular flexibility index (Phi) is 3.82. The first-order valence-electron chi connectivity index (χ1n) is 6.05. The average molecular weight is 263 g/mol. The molecule has 1 heterocycles. The van der Waals surface area contributed by atoms with Crippen molar-refractivity contribution in [2.75, 3.05) is 31.6 Å². The standard InChI is InChI=1S/C13H17N3O3/c1-15-7-13(19)16(8-12(15)18)10-4-2-9(3-5-10)11(17)6-14/h2-5,11,17H,6-8,14H2,1H3. The van der Waals surface area contributed by atoms with E-state index in [1.54, 1.807) is 31.3 Å². The molecule has 1 unspecified atom stereocenters. The molecular weight excluding hydrogens is 246 g/mol. The first-order chi connectivity index (χ1) is 9.02. The lowest BCUT2D eigenvalue weighted by atomic mass is 10.1. The predicted molar refractivity (Wildman–Crippen MR) is 70.4 cm³/mol. The molecular formula is C13H17N3O3. The molecule has 2 rings (SSSR count). The summed E-state index contributed by atoms with van der Waals surface area (Å²) in [4.78, 5) is 26.4. The highest BCUT2D eigenvalue weighted by atomic mass is 16.3. The summed E-state index contributed by atoms with van der Waals surface area (Å²) in [6, 6.07) is 6.85. The van der Waals surface area contributed by atoms with Crippen molar-refractivity contribution in [3.63, 3.8) is 0 Å². The molecule has 3 N–H and O–H groups in total. The number of nitrogens with zero attached hydrogens (tertiary/aromatic N) is 2. The van der Waals surface area contributed by atoms with Crippen LogP contribution in [0.1, 0.15) is 11.7 Å². The summed E-state index contributed by atoms with van der Waals surface area (Å²) in [6.07, 6.45) is -0.709. The number of aliphatic hydroxyl groups excluding tert-OH is 1. The monoisotopic (exact) mass is 263 g/mol. The normalized spacial score (nSPS) is 17.8. The summed E-state index contributed by atoms with van der Waals surface area (Å²) in [5.74, 6) is -0.208. The molecule has 102 valence electrons. The van der Waals surface area contributed by atoms with E-state index in [0.29, 0.717) is 11.3 Å². The van der Waals surface area contributed by atoms with Crippen molar-refractivity contribution in [1.82, 2.24) is 4.90 Å². The molecule has 19 heavy (non-hydrogen) atoms. The number of aliphatic hydroxyl groups is 1. The lowest BCUT2D eigenvalue weighted by molar-refractivity contribution is -0.136. The minimum absolute atomic E-state index is 0.0497. The van der Waals surface area contributed by atoms with Gasteiger partial charge in [-0.05, 0) is 17.7 Å². The molecule has 1 aromatic carbocycles. The first-order valence-corrected chi connectivity index (χ1v) is 6.05. The second-order valence-corrected chi connectivity index (χ2v) is 4.57. The van der Waals surface area contributed by atoms with Gasteiger partial charge < -0.3 is 20.6 Å². The molecule has 2 amide bonds. The second kappa shape index (κ2) is 5.38. The van der Waals surface area contributed by atoms with Gasteiger partial charge in [-0.25, -0.2) is 0 Å². The Balaban J connectivity index is 2.18. The molecule has 1 atom stereocenters. The lowest BCUT2D eigenvalue weighted by Gasteiger charge is -2.31. The number of rotatable bonds is 3. The highest BCUT2D eigenvalue weighted by Crippen LogP contribution is 2.20. The van der Waals surface area contributed by atoms with E-state index in [4.69, 9.17) is 5.73 Å². The van der Waals surface area contributed by atoms with Crippen LogP contribution in [0.25, 0.3) is 0 Å². The SMILES string of the molecule is CN1CC(=O)N(c2ccc(C(O)CN)cc2)CC1=O. The number of nitrogens with two attached hydrogens (primary N) is 1. The third-order valence-corrected chi connectivity index (χ3v) is 3.21. The average Bonchev–Trinajstić information content (AvgIpc) is 2.42. The summed E-state index contributed by atoms with van der Waals surface area (Å²) in [5, 5.41) is 9.59. The number of hydrogen-bond donors (Lipinski definition) is 2. The van der Waals surface area contributed by atoms with Crippen LogP contribution in [0.4, 0.5) is 5.69 Å². The minimum atomic E-state index is -0.709. The highest BCUT2D eigenvalue weighted by Gasteiger charge is 2.28. The van der Waals surface area contributed by atoms with Crippen LogP contribution < -0.4 is 10.6 Å². The molecule has 0 aromatic heterocycles. The van der Waals surface area contributed by atoms with E-state index in [1.807, 2.05) is 0 Å². The minimum Gasteiger partial charge on any atom is -0.387 e. The van der Waals surface area contributed by atoms with Gasteiger partial charge in [0.15, 0.2) is 0 Å². The number of anilines is 1. The van der Waals surface area contributed by atoms with Gasteiger partial charge in [-0.15, -0.1) is 0 Å². The molecule has 0 spiro atoms. The third kappa shape index (κ3) is 2.74. The highest BCUT2D eigenvalue weighted by molar-refractivity contribution is 6.04. The number of benzene rings is 1. The Morgan fingerprint density at radius 2 is 1.84 bits per heavy atom. The zero-order valence-corrected chi connectivity index (χ0v) is 10.7. The van der Waals surface area contributed by atoms with Gasteiger partial charge in [0.25, 0.3) is 0 Å². The zero-order valence-electron chi connectivity index (χ0n) is 10.7. The fraction of sp³-hybridized carbons (Fsp3) is 0.385. The van der Waals surface area contributed by atoms with Gasteiger partial charge in [0, 0.05) is 19.3 Å². The molecule has 0 radical (unpaired) electrons. The maximum absolute atomic E-state index is 11.9. The fourth-order valence-corrected chi connectivity index (χ4v) is 1.97. The second-order valence-electron chi connectivity index (χ2n) is 4.57. The molecule has 0 saturated carbocycles. The van der Waals surface area contributed by atoms with Crippen LogP contribution in [0.5, 0.6) is 0 Å². The Morgan fingerprint density at radius 3 is 2.42 bits per heavy atom. The van der Waals surface area contributed by atoms with Crippen molar-refractivity contribution in [2.45, 2.75) is 6.10 Å². The predicted octanol–water partition coefficient (Wildman–Crippen LogP) is -0.516. The molecule has 6 nitrogen and oxygen atoms in total. The van der Waals surface area contributed by atoms with Crippen LogP contribution in [0, 0.1) is 0 Å². The first kappa shape index (κ1) is 13.5. The van der Waals surface area contributed by atoms with Gasteiger partial charge in [0.05, 0.1) is 12.6 Å². The molecule has 0 bridgehead atoms. The molecule has 1 fully saturated rings. The van der Waals surface area contributed by atoms with Gasteiger partial charge in [-0.2, -0.15) is 0 Å². The molecule has 1 aromatic rings. The van der Waals surface area contributed by atoms with Gasteiger partial charge in [0.1, 0.15) is 6.54 Å². The zero-order chi connectivity index (χ0) is 14.0. The smallest absolute Gasteiger partial charge is 0.247 e. The number of carbonyl (C=O) groups is 2. The van der Waals surface area contributed by atoms with Crippen LogP contribution in [-0.4, -0.2) is 48.5 Å². The molecule has 1 aliphatic rings. The van der Waals surface area contributed by atoms with Crippen molar-refractivity contribution in [3.05, 3.63) is 29.8 Å². The Morgan fingerprint density at radius 1 is 1.21 bits per heavy atom. The van der Waals surface area contributed by atoms with E-state index in [1.165, 1.54) is 9.80 Å². The van der Waals surface area contributed by atoms with E-state index in [9.17, 15) is 14.7 Å². The number of piperazine rings is 1. The summed E-state index contributed by atoms with van der Waals surface area (Å²) in [7, 11) is 1.61. The third-order valence-electron chi connectivity index (χ3n) is 3.21. The molecule has 1 saturated heterocycles. The van der Waals surface area contributed by atoms with Gasteiger partial charge in [-0.1, -0.05) is 12.1 Å². The lowest BCUT2D eigenvalue weighted by Crippen LogP contribution is -2.52. The van der Waals surface area contributed by atoms with Crippen molar-refractivity contribution in [1.29, 1.82) is 0 Å². The molecule has 6 heteroatoms. The number of carbonyl (C=O) groups excluding carboxylic acids is 2. The van der Waals surface area contributed by atoms with E-state index in [-0.39, 0.29) is 31.4 Å². The van der Waals surface area contributed by atoms with Gasteiger partial charge in [-0.3, -0.25) is 9.59 Å². The quantitative estimate of drug-likeness (QED) is 0.768. The maximum Gasteiger partial charge on any atom is 0.247 e. The van der Waals surface area contributed by atoms with Crippen LogP contribution in [0.2, 0.25) is 0 Å². The summed E-state index contributed by atoms with van der Waals surface area (Å²) < 4.78 is 0.